The molecule has 1 atom stereocenters. The van der Waals surface area contributed by atoms with Crippen LogP contribution in [0.15, 0.2) is 78.9 Å². The van der Waals surface area contributed by atoms with Crippen LogP contribution in [0.2, 0.25) is 0 Å². The molecule has 2 aliphatic carbocycles. The average molecular weight is 428 g/mol. The molecule has 1 N–H and O–H groups in total. The van der Waals surface area contributed by atoms with Crippen molar-refractivity contribution in [1.82, 2.24) is 4.90 Å². The maximum atomic E-state index is 13.4. The lowest BCUT2D eigenvalue weighted by molar-refractivity contribution is -0.143. The number of carboxylic acid groups (broad SMARTS) is 1. The minimum atomic E-state index is -1.04. The van der Waals surface area contributed by atoms with Gasteiger partial charge in [-0.15, -0.1) is 0 Å². The summed E-state index contributed by atoms with van der Waals surface area (Å²) in [4.78, 5) is 26.7. The van der Waals surface area contributed by atoms with Crippen LogP contribution in [-0.2, 0) is 15.1 Å². The molecule has 1 saturated carbocycles. The van der Waals surface area contributed by atoms with Crippen LogP contribution in [0.1, 0.15) is 42.4 Å². The highest BCUT2D eigenvalue weighted by molar-refractivity contribution is 5.82. The zero-order valence-corrected chi connectivity index (χ0v) is 17.9. The predicted molar refractivity (Wildman–Crippen MR) is 121 cm³/mol. The first-order valence-electron chi connectivity index (χ1n) is 11.0. The zero-order chi connectivity index (χ0) is 22.3. The fourth-order valence-corrected chi connectivity index (χ4v) is 5.01. The Morgan fingerprint density at radius 1 is 0.938 bits per heavy atom. The van der Waals surface area contributed by atoms with Gasteiger partial charge in [-0.3, -0.25) is 4.90 Å². The van der Waals surface area contributed by atoms with E-state index in [-0.39, 0.29) is 12.5 Å². The molecule has 1 fully saturated rings. The van der Waals surface area contributed by atoms with Gasteiger partial charge in [0.15, 0.2) is 0 Å². The Labute approximate surface area is 187 Å². The van der Waals surface area contributed by atoms with Crippen LogP contribution >= 0.6 is 0 Å². The molecular weight excluding hydrogens is 402 g/mol. The minimum absolute atomic E-state index is 0.0692. The number of carbonyl (C=O) groups is 2. The lowest BCUT2D eigenvalue weighted by Gasteiger charge is -2.35. The van der Waals surface area contributed by atoms with Crippen molar-refractivity contribution in [1.29, 1.82) is 0 Å². The predicted octanol–water partition coefficient (Wildman–Crippen LogP) is 5.40. The molecule has 0 spiro atoms. The summed E-state index contributed by atoms with van der Waals surface area (Å²) in [6.45, 7) is 1.72. The maximum absolute atomic E-state index is 13.4. The molecule has 3 aromatic carbocycles. The van der Waals surface area contributed by atoms with Crippen molar-refractivity contribution < 1.29 is 19.4 Å². The number of fused-ring (bicyclic) bond motifs is 3. The van der Waals surface area contributed by atoms with Gasteiger partial charge in [0, 0.05) is 5.92 Å². The first-order valence-corrected chi connectivity index (χ1v) is 11.0. The van der Waals surface area contributed by atoms with Gasteiger partial charge in [-0.1, -0.05) is 78.9 Å². The number of benzene rings is 3. The van der Waals surface area contributed by atoms with Crippen LogP contribution in [0.4, 0.5) is 4.79 Å². The molecule has 5 heteroatoms. The van der Waals surface area contributed by atoms with Crippen molar-refractivity contribution >= 4 is 12.1 Å². The molecular formula is C27H25NO4. The standard InChI is InChI=1S/C27H25NO4/c1-18(25(29)30)28(27(15-16-27)19-9-3-2-4-10-19)26(31)32-17-24-22-13-7-5-11-20(22)21-12-6-8-14-23(21)24/h2-14,18,24H,15-17H2,1H3,(H,29,30)/t18-/m1/s1. The summed E-state index contributed by atoms with van der Waals surface area (Å²) >= 11 is 0. The summed E-state index contributed by atoms with van der Waals surface area (Å²) in [6, 6.07) is 25.0. The Hall–Kier alpha value is -3.60. The number of carboxylic acids is 1. The smallest absolute Gasteiger partial charge is 0.411 e. The molecule has 0 unspecified atom stereocenters. The number of amides is 1. The van der Waals surface area contributed by atoms with Gasteiger partial charge in [-0.25, -0.2) is 9.59 Å². The molecule has 0 radical (unpaired) electrons. The quantitative estimate of drug-likeness (QED) is 0.572. The van der Waals surface area contributed by atoms with E-state index in [0.29, 0.717) is 0 Å². The van der Waals surface area contributed by atoms with Crippen molar-refractivity contribution in [2.75, 3.05) is 6.61 Å². The van der Waals surface area contributed by atoms with Crippen molar-refractivity contribution in [2.45, 2.75) is 37.3 Å². The van der Waals surface area contributed by atoms with Crippen LogP contribution in [0.25, 0.3) is 11.1 Å². The molecule has 2 aliphatic rings. The second-order valence-corrected chi connectivity index (χ2v) is 8.59. The number of hydrogen-bond donors (Lipinski definition) is 1. The van der Waals surface area contributed by atoms with Crippen molar-refractivity contribution in [3.05, 3.63) is 95.6 Å². The third kappa shape index (κ3) is 3.25. The molecule has 5 rings (SSSR count). The summed E-state index contributed by atoms with van der Waals surface area (Å²) < 4.78 is 5.84. The molecule has 162 valence electrons. The highest BCUT2D eigenvalue weighted by Gasteiger charge is 2.55. The third-order valence-corrected chi connectivity index (χ3v) is 6.77. The van der Waals surface area contributed by atoms with Gasteiger partial charge in [0.2, 0.25) is 0 Å². The lowest BCUT2D eigenvalue weighted by atomic mass is 9.98. The van der Waals surface area contributed by atoms with Crippen LogP contribution in [0.5, 0.6) is 0 Å². The number of aliphatic carboxylic acids is 1. The van der Waals surface area contributed by atoms with E-state index in [0.717, 1.165) is 40.7 Å². The first kappa shape index (κ1) is 20.3. The topological polar surface area (TPSA) is 66.8 Å². The SMILES string of the molecule is C[C@H](C(=O)O)N(C(=O)OCC1c2ccccc2-c2ccccc21)C1(c2ccccc2)CC1. The monoisotopic (exact) mass is 427 g/mol. The highest BCUT2D eigenvalue weighted by atomic mass is 16.6. The number of rotatable bonds is 6. The van der Waals surface area contributed by atoms with Crippen molar-refractivity contribution in [3.8, 4) is 11.1 Å². The molecule has 0 aliphatic heterocycles. The molecule has 5 nitrogen and oxygen atoms in total. The van der Waals surface area contributed by atoms with Gasteiger partial charge in [0.25, 0.3) is 0 Å². The molecule has 1 amide bonds. The molecule has 0 saturated heterocycles. The molecule has 0 aromatic heterocycles. The van der Waals surface area contributed by atoms with E-state index in [2.05, 4.69) is 24.3 Å². The molecule has 0 heterocycles. The Balaban J connectivity index is 1.43. The van der Waals surface area contributed by atoms with Gasteiger partial charge in [-0.2, -0.15) is 0 Å². The van der Waals surface area contributed by atoms with Crippen molar-refractivity contribution in [3.63, 3.8) is 0 Å². The maximum Gasteiger partial charge on any atom is 0.411 e. The average Bonchev–Trinajstić information content (AvgIpc) is 3.55. The van der Waals surface area contributed by atoms with Crippen LogP contribution < -0.4 is 0 Å². The fourth-order valence-electron chi connectivity index (χ4n) is 5.01. The lowest BCUT2D eigenvalue weighted by Crippen LogP contribution is -2.50. The van der Waals surface area contributed by atoms with E-state index in [9.17, 15) is 14.7 Å². The van der Waals surface area contributed by atoms with Crippen molar-refractivity contribution in [2.24, 2.45) is 0 Å². The third-order valence-electron chi connectivity index (χ3n) is 6.77. The number of carbonyl (C=O) groups excluding carboxylic acids is 1. The molecule has 32 heavy (non-hydrogen) atoms. The van der Waals surface area contributed by atoms with E-state index in [1.807, 2.05) is 54.6 Å². The Morgan fingerprint density at radius 2 is 1.47 bits per heavy atom. The second kappa shape index (κ2) is 7.83. The summed E-state index contributed by atoms with van der Waals surface area (Å²) in [5.41, 5.74) is 4.89. The summed E-state index contributed by atoms with van der Waals surface area (Å²) in [5, 5.41) is 9.73. The van der Waals surface area contributed by atoms with Crippen LogP contribution in [0.3, 0.4) is 0 Å². The van der Waals surface area contributed by atoms with Gasteiger partial charge < -0.3 is 9.84 Å². The largest absolute Gasteiger partial charge is 0.480 e. The van der Waals surface area contributed by atoms with E-state index in [1.165, 1.54) is 4.90 Å². The van der Waals surface area contributed by atoms with Crippen LogP contribution in [0, 0.1) is 0 Å². The normalized spacial score (nSPS) is 16.5. The fraction of sp³-hybridized carbons (Fsp3) is 0.259. The highest BCUT2D eigenvalue weighted by Crippen LogP contribution is 2.52. The van der Waals surface area contributed by atoms with Gasteiger partial charge >= 0.3 is 12.1 Å². The van der Waals surface area contributed by atoms with Crippen LogP contribution in [-0.4, -0.2) is 34.7 Å². The first-order chi connectivity index (χ1) is 15.5. The summed E-state index contributed by atoms with van der Waals surface area (Å²) in [5.74, 6) is -1.11. The van der Waals surface area contributed by atoms with E-state index < -0.39 is 23.6 Å². The van der Waals surface area contributed by atoms with Gasteiger partial charge in [-0.05, 0) is 47.6 Å². The minimum Gasteiger partial charge on any atom is -0.480 e. The number of hydrogen-bond acceptors (Lipinski definition) is 3. The van der Waals surface area contributed by atoms with E-state index in [4.69, 9.17) is 4.74 Å². The molecule has 3 aromatic rings. The summed E-state index contributed by atoms with van der Waals surface area (Å²) in [6.07, 6.45) is 0.862. The number of ether oxygens (including phenoxy) is 1. The van der Waals surface area contributed by atoms with Gasteiger partial charge in [0.1, 0.15) is 12.6 Å². The molecule has 0 bridgehead atoms. The second-order valence-electron chi connectivity index (χ2n) is 8.59. The number of nitrogens with zero attached hydrogens (tertiary/aromatic N) is 1. The Morgan fingerprint density at radius 3 is 2.00 bits per heavy atom. The Kier molecular flexibility index (Phi) is 4.97. The Bertz CT molecular complexity index is 1120. The van der Waals surface area contributed by atoms with Gasteiger partial charge in [0.05, 0.1) is 5.54 Å². The summed E-state index contributed by atoms with van der Waals surface area (Å²) in [7, 11) is 0. The van der Waals surface area contributed by atoms with E-state index in [1.54, 1.807) is 6.92 Å². The zero-order valence-electron chi connectivity index (χ0n) is 17.9. The van der Waals surface area contributed by atoms with E-state index >= 15 is 0 Å².